The molecule has 0 saturated carbocycles. The van der Waals surface area contributed by atoms with E-state index in [0.717, 1.165) is 0 Å². The molecule has 106 valence electrons. The minimum atomic E-state index is -0.702. The smallest absolute Gasteiger partial charge is 0.257 e. The van der Waals surface area contributed by atoms with Gasteiger partial charge >= 0.3 is 0 Å². The van der Waals surface area contributed by atoms with Gasteiger partial charge in [0.25, 0.3) is 5.91 Å². The van der Waals surface area contributed by atoms with Crippen molar-refractivity contribution in [2.24, 2.45) is 0 Å². The fourth-order valence-corrected chi connectivity index (χ4v) is 2.22. The predicted octanol–water partition coefficient (Wildman–Crippen LogP) is 0.194. The van der Waals surface area contributed by atoms with E-state index in [1.165, 1.54) is 17.2 Å². The number of carbonyl (C=O) groups is 3. The first kappa shape index (κ1) is 14.3. The number of nitrogen functional groups attached to an aromatic ring is 1. The van der Waals surface area contributed by atoms with Crippen LogP contribution in [0.1, 0.15) is 23.7 Å². The van der Waals surface area contributed by atoms with Gasteiger partial charge < -0.3 is 10.6 Å². The van der Waals surface area contributed by atoms with Gasteiger partial charge in [0.05, 0.1) is 17.4 Å². The van der Waals surface area contributed by atoms with Gasteiger partial charge in [0.15, 0.2) is 0 Å². The van der Waals surface area contributed by atoms with Crippen LogP contribution in [0.5, 0.6) is 0 Å². The molecule has 2 heterocycles. The molecule has 0 bridgehead atoms. The number of piperazine rings is 1. The monoisotopic (exact) mass is 296 g/mol. The molecule has 0 spiro atoms. The molecule has 1 fully saturated rings. The number of hydrogen-bond donors (Lipinski definition) is 2. The Bertz CT molecular complexity index is 590. The van der Waals surface area contributed by atoms with Crippen LogP contribution >= 0.6 is 11.6 Å². The van der Waals surface area contributed by atoms with Crippen molar-refractivity contribution in [2.45, 2.75) is 19.4 Å². The minimum Gasteiger partial charge on any atom is -0.397 e. The standard InChI is InChI=1S/C12H13ClN4O3/c1-2-8-11(19)16-10(18)5-17(8)12(20)6-3-9(13)15-4-7(6)14/h3-4,8H,2,5,14H2,1H3,(H,16,18,19). The maximum Gasteiger partial charge on any atom is 0.257 e. The molecule has 1 aromatic heterocycles. The largest absolute Gasteiger partial charge is 0.397 e. The van der Waals surface area contributed by atoms with E-state index in [2.05, 4.69) is 10.3 Å². The minimum absolute atomic E-state index is 0.114. The van der Waals surface area contributed by atoms with E-state index in [1.54, 1.807) is 6.92 Å². The molecule has 1 saturated heterocycles. The first-order chi connectivity index (χ1) is 9.43. The Hall–Kier alpha value is -2.15. The molecule has 3 amide bonds. The number of amides is 3. The summed E-state index contributed by atoms with van der Waals surface area (Å²) in [6.07, 6.45) is 1.66. The van der Waals surface area contributed by atoms with Crippen molar-refractivity contribution in [3.8, 4) is 0 Å². The Kier molecular flexibility index (Phi) is 3.89. The van der Waals surface area contributed by atoms with Crippen molar-refractivity contribution in [1.29, 1.82) is 0 Å². The molecule has 0 aliphatic carbocycles. The van der Waals surface area contributed by atoms with Gasteiger partial charge in [0.2, 0.25) is 11.8 Å². The summed E-state index contributed by atoms with van der Waals surface area (Å²) in [7, 11) is 0. The SMILES string of the molecule is CCC1C(=O)NC(=O)CN1C(=O)c1cc(Cl)ncc1N. The van der Waals surface area contributed by atoms with Gasteiger partial charge in [-0.25, -0.2) is 4.98 Å². The van der Waals surface area contributed by atoms with E-state index in [9.17, 15) is 14.4 Å². The molecule has 0 radical (unpaired) electrons. The molecular formula is C12H13ClN4O3. The van der Waals surface area contributed by atoms with E-state index < -0.39 is 23.8 Å². The van der Waals surface area contributed by atoms with Crippen LogP contribution in [-0.4, -0.2) is 40.2 Å². The first-order valence-corrected chi connectivity index (χ1v) is 6.37. The second-order valence-electron chi connectivity index (χ2n) is 4.36. The number of hydrogen-bond acceptors (Lipinski definition) is 5. The summed E-state index contributed by atoms with van der Waals surface area (Å²) in [6.45, 7) is 1.56. The molecule has 3 N–H and O–H groups in total. The van der Waals surface area contributed by atoms with Crippen molar-refractivity contribution in [1.82, 2.24) is 15.2 Å². The van der Waals surface area contributed by atoms with E-state index in [1.807, 2.05) is 0 Å². The highest BCUT2D eigenvalue weighted by Gasteiger charge is 2.36. The second-order valence-corrected chi connectivity index (χ2v) is 4.75. The van der Waals surface area contributed by atoms with Crippen molar-refractivity contribution in [2.75, 3.05) is 12.3 Å². The van der Waals surface area contributed by atoms with Gasteiger partial charge in [0, 0.05) is 0 Å². The van der Waals surface area contributed by atoms with E-state index in [4.69, 9.17) is 17.3 Å². The molecule has 1 aliphatic heterocycles. The third kappa shape index (κ3) is 2.57. The number of anilines is 1. The first-order valence-electron chi connectivity index (χ1n) is 5.99. The van der Waals surface area contributed by atoms with Crippen molar-refractivity contribution < 1.29 is 14.4 Å². The highest BCUT2D eigenvalue weighted by molar-refractivity contribution is 6.30. The number of nitrogens with zero attached hydrogens (tertiary/aromatic N) is 2. The Labute approximate surface area is 120 Å². The fourth-order valence-electron chi connectivity index (χ4n) is 2.07. The lowest BCUT2D eigenvalue weighted by molar-refractivity contribution is -0.138. The lowest BCUT2D eigenvalue weighted by Crippen LogP contribution is -2.59. The summed E-state index contributed by atoms with van der Waals surface area (Å²) in [6, 6.07) is 0.620. The molecule has 1 aromatic rings. The molecule has 7 nitrogen and oxygen atoms in total. The summed E-state index contributed by atoms with van der Waals surface area (Å²) in [5.74, 6) is -1.52. The number of nitrogens with two attached hydrogens (primary N) is 1. The zero-order valence-electron chi connectivity index (χ0n) is 10.7. The highest BCUT2D eigenvalue weighted by atomic mass is 35.5. The van der Waals surface area contributed by atoms with E-state index in [-0.39, 0.29) is 22.9 Å². The molecule has 1 aliphatic rings. The third-order valence-corrected chi connectivity index (χ3v) is 3.24. The Balaban J connectivity index is 2.37. The summed E-state index contributed by atoms with van der Waals surface area (Å²) >= 11 is 5.74. The normalized spacial score (nSPS) is 18.9. The average Bonchev–Trinajstić information content (AvgIpc) is 2.40. The number of imide groups is 1. The van der Waals surface area contributed by atoms with Crippen LogP contribution in [0.3, 0.4) is 0 Å². The zero-order valence-corrected chi connectivity index (χ0v) is 11.5. The summed E-state index contributed by atoms with van der Waals surface area (Å²) in [4.78, 5) is 40.6. The molecule has 1 unspecified atom stereocenters. The average molecular weight is 297 g/mol. The number of carbonyl (C=O) groups excluding carboxylic acids is 3. The maximum atomic E-state index is 12.5. The topological polar surface area (TPSA) is 105 Å². The molecule has 0 aromatic carbocycles. The molecule has 8 heteroatoms. The van der Waals surface area contributed by atoms with Crippen LogP contribution in [0, 0.1) is 0 Å². The lowest BCUT2D eigenvalue weighted by Gasteiger charge is -2.33. The van der Waals surface area contributed by atoms with E-state index >= 15 is 0 Å². The van der Waals surface area contributed by atoms with Gasteiger partial charge in [0.1, 0.15) is 17.7 Å². The highest BCUT2D eigenvalue weighted by Crippen LogP contribution is 2.20. The molecule has 2 rings (SSSR count). The van der Waals surface area contributed by atoms with Crippen LogP contribution in [0.15, 0.2) is 12.3 Å². The lowest BCUT2D eigenvalue weighted by atomic mass is 10.1. The number of pyridine rings is 1. The fraction of sp³-hybridized carbons (Fsp3) is 0.333. The maximum absolute atomic E-state index is 12.5. The third-order valence-electron chi connectivity index (χ3n) is 3.03. The summed E-state index contributed by atoms with van der Waals surface area (Å²) in [5, 5.41) is 2.32. The van der Waals surface area contributed by atoms with Gasteiger partial charge in [-0.15, -0.1) is 0 Å². The predicted molar refractivity (Wildman–Crippen MR) is 71.9 cm³/mol. The summed E-state index contributed by atoms with van der Waals surface area (Å²) < 4.78 is 0. The number of aromatic nitrogens is 1. The Morgan fingerprint density at radius 1 is 1.60 bits per heavy atom. The number of rotatable bonds is 2. The van der Waals surface area contributed by atoms with Crippen LogP contribution in [0.25, 0.3) is 0 Å². The molecule has 20 heavy (non-hydrogen) atoms. The van der Waals surface area contributed by atoms with Crippen molar-refractivity contribution >= 4 is 35.0 Å². The van der Waals surface area contributed by atoms with Crippen LogP contribution in [0.2, 0.25) is 5.15 Å². The quantitative estimate of drug-likeness (QED) is 0.599. The van der Waals surface area contributed by atoms with Crippen LogP contribution in [0.4, 0.5) is 5.69 Å². The van der Waals surface area contributed by atoms with Crippen molar-refractivity contribution in [3.05, 3.63) is 23.0 Å². The number of halogens is 1. The Morgan fingerprint density at radius 2 is 2.30 bits per heavy atom. The van der Waals surface area contributed by atoms with Gasteiger partial charge in [-0.3, -0.25) is 19.7 Å². The number of nitrogens with one attached hydrogen (secondary N) is 1. The van der Waals surface area contributed by atoms with Gasteiger partial charge in [-0.2, -0.15) is 0 Å². The summed E-state index contributed by atoms with van der Waals surface area (Å²) in [5.41, 5.74) is 5.98. The Morgan fingerprint density at radius 3 is 2.95 bits per heavy atom. The van der Waals surface area contributed by atoms with Gasteiger partial charge in [-0.1, -0.05) is 18.5 Å². The van der Waals surface area contributed by atoms with Crippen molar-refractivity contribution in [3.63, 3.8) is 0 Å². The molecular weight excluding hydrogens is 284 g/mol. The van der Waals surface area contributed by atoms with E-state index in [0.29, 0.717) is 6.42 Å². The zero-order chi connectivity index (χ0) is 14.9. The van der Waals surface area contributed by atoms with Crippen LogP contribution < -0.4 is 11.1 Å². The van der Waals surface area contributed by atoms with Gasteiger partial charge in [-0.05, 0) is 12.5 Å². The van der Waals surface area contributed by atoms with Crippen LogP contribution in [-0.2, 0) is 9.59 Å². The molecule has 1 atom stereocenters. The second kappa shape index (κ2) is 5.46.